The highest BCUT2D eigenvalue weighted by Gasteiger charge is 2.27. The van der Waals surface area contributed by atoms with Gasteiger partial charge in [0.05, 0.1) is 11.6 Å². The van der Waals surface area contributed by atoms with E-state index in [1.54, 1.807) is 0 Å². The Morgan fingerprint density at radius 1 is 1.17 bits per heavy atom. The van der Waals surface area contributed by atoms with Gasteiger partial charge in [-0.1, -0.05) is 12.5 Å². The second kappa shape index (κ2) is 7.30. The number of carboxylic acid groups (broad SMARTS) is 1. The molecule has 1 unspecified atom stereocenters. The minimum atomic E-state index is -0.778. The Kier molecular flexibility index (Phi) is 5.16. The van der Waals surface area contributed by atoms with Gasteiger partial charge in [-0.3, -0.25) is 9.69 Å². The molecule has 0 spiro atoms. The summed E-state index contributed by atoms with van der Waals surface area (Å²) in [6.07, 6.45) is 5.25. The van der Waals surface area contributed by atoms with E-state index >= 15 is 0 Å². The van der Waals surface area contributed by atoms with Crippen molar-refractivity contribution in [2.24, 2.45) is 5.92 Å². The Bertz CT molecular complexity index is 558. The van der Waals surface area contributed by atoms with Gasteiger partial charge < -0.3 is 10.0 Å². The number of anilines is 1. The van der Waals surface area contributed by atoms with Gasteiger partial charge in [-0.2, -0.15) is 0 Å². The lowest BCUT2D eigenvalue weighted by molar-refractivity contribution is -0.141. The summed E-state index contributed by atoms with van der Waals surface area (Å²) in [5.41, 5.74) is 1.67. The maximum atomic E-state index is 14.3. The molecule has 1 aromatic carbocycles. The minimum Gasteiger partial charge on any atom is -0.481 e. The van der Waals surface area contributed by atoms with Crippen molar-refractivity contribution in [3.05, 3.63) is 29.6 Å². The van der Waals surface area contributed by atoms with Gasteiger partial charge in [0, 0.05) is 19.6 Å². The quantitative estimate of drug-likeness (QED) is 0.926. The molecule has 1 N–H and O–H groups in total. The molecule has 0 aliphatic carbocycles. The Balaban J connectivity index is 1.73. The molecule has 2 saturated heterocycles. The number of piperidine rings is 2. The van der Waals surface area contributed by atoms with E-state index in [-0.39, 0.29) is 5.82 Å². The molecule has 2 heterocycles. The lowest BCUT2D eigenvalue weighted by atomic mass is 9.97. The molecule has 1 aromatic rings. The molecule has 0 bridgehead atoms. The van der Waals surface area contributed by atoms with Crippen LogP contribution in [0, 0.1) is 11.7 Å². The molecule has 1 atom stereocenters. The fraction of sp³-hybridized carbons (Fsp3) is 0.611. The average Bonchev–Trinajstić information content (AvgIpc) is 2.57. The van der Waals surface area contributed by atoms with Crippen molar-refractivity contribution in [1.82, 2.24) is 4.90 Å². The van der Waals surface area contributed by atoms with Crippen LogP contribution in [0.25, 0.3) is 0 Å². The third-order valence-corrected chi connectivity index (χ3v) is 4.98. The predicted octanol–water partition coefficient (Wildman–Crippen LogP) is 3.11. The van der Waals surface area contributed by atoms with Gasteiger partial charge in [0.2, 0.25) is 0 Å². The normalized spacial score (nSPS) is 23.0. The van der Waals surface area contributed by atoms with Crippen LogP contribution in [0.1, 0.15) is 37.7 Å². The van der Waals surface area contributed by atoms with E-state index in [4.69, 9.17) is 0 Å². The van der Waals surface area contributed by atoms with Gasteiger partial charge in [-0.05, 0) is 56.5 Å². The van der Waals surface area contributed by atoms with Crippen molar-refractivity contribution < 1.29 is 14.3 Å². The fourth-order valence-electron chi connectivity index (χ4n) is 3.67. The molecular weight excluding hydrogens is 295 g/mol. The van der Waals surface area contributed by atoms with Gasteiger partial charge >= 0.3 is 5.97 Å². The summed E-state index contributed by atoms with van der Waals surface area (Å²) in [5, 5.41) is 9.22. The molecule has 126 valence electrons. The van der Waals surface area contributed by atoms with Crippen molar-refractivity contribution in [3.8, 4) is 0 Å². The van der Waals surface area contributed by atoms with Crippen LogP contribution in [-0.4, -0.2) is 42.2 Å². The summed E-state index contributed by atoms with van der Waals surface area (Å²) in [5.74, 6) is -1.42. The fourth-order valence-corrected chi connectivity index (χ4v) is 3.67. The third kappa shape index (κ3) is 4.02. The zero-order valence-corrected chi connectivity index (χ0v) is 13.5. The zero-order valence-electron chi connectivity index (χ0n) is 13.5. The van der Waals surface area contributed by atoms with Crippen molar-refractivity contribution >= 4 is 11.7 Å². The second-order valence-electron chi connectivity index (χ2n) is 6.75. The molecule has 0 saturated carbocycles. The van der Waals surface area contributed by atoms with Crippen LogP contribution in [0.15, 0.2) is 18.2 Å². The van der Waals surface area contributed by atoms with Crippen LogP contribution in [0.2, 0.25) is 0 Å². The smallest absolute Gasteiger partial charge is 0.308 e. The zero-order chi connectivity index (χ0) is 16.2. The standard InChI is InChI=1S/C18H25FN2O2/c19-16-7-6-14(12-20-8-2-1-3-9-20)11-17(16)21-10-4-5-15(13-21)18(22)23/h6-7,11,15H,1-5,8-10,12-13H2,(H,22,23). The lowest BCUT2D eigenvalue weighted by Gasteiger charge is -2.33. The van der Waals surface area contributed by atoms with E-state index in [0.717, 1.165) is 38.2 Å². The monoisotopic (exact) mass is 320 g/mol. The largest absolute Gasteiger partial charge is 0.481 e. The summed E-state index contributed by atoms with van der Waals surface area (Å²) >= 11 is 0. The highest BCUT2D eigenvalue weighted by atomic mass is 19.1. The van der Waals surface area contributed by atoms with E-state index < -0.39 is 11.9 Å². The number of halogens is 1. The average molecular weight is 320 g/mol. The van der Waals surface area contributed by atoms with E-state index in [1.807, 2.05) is 17.0 Å². The van der Waals surface area contributed by atoms with Crippen LogP contribution in [0.4, 0.5) is 10.1 Å². The molecule has 0 amide bonds. The summed E-state index contributed by atoms with van der Waals surface area (Å²) in [4.78, 5) is 15.5. The van der Waals surface area contributed by atoms with E-state index in [1.165, 1.54) is 25.3 Å². The number of rotatable bonds is 4. The maximum absolute atomic E-state index is 14.3. The van der Waals surface area contributed by atoms with Crippen molar-refractivity contribution in [3.63, 3.8) is 0 Å². The van der Waals surface area contributed by atoms with E-state index in [0.29, 0.717) is 18.7 Å². The van der Waals surface area contributed by atoms with Crippen LogP contribution in [0.3, 0.4) is 0 Å². The van der Waals surface area contributed by atoms with Crippen molar-refractivity contribution in [2.45, 2.75) is 38.6 Å². The van der Waals surface area contributed by atoms with Gasteiger partial charge in [0.15, 0.2) is 0 Å². The summed E-state index contributed by atoms with van der Waals surface area (Å²) in [6.45, 7) is 4.20. The van der Waals surface area contributed by atoms with Crippen molar-refractivity contribution in [2.75, 3.05) is 31.1 Å². The third-order valence-electron chi connectivity index (χ3n) is 4.98. The number of hydrogen-bond donors (Lipinski definition) is 1. The van der Waals surface area contributed by atoms with E-state index in [9.17, 15) is 14.3 Å². The van der Waals surface area contributed by atoms with E-state index in [2.05, 4.69) is 4.90 Å². The number of carboxylic acids is 1. The Morgan fingerprint density at radius 3 is 2.70 bits per heavy atom. The first kappa shape index (κ1) is 16.2. The van der Waals surface area contributed by atoms with Crippen LogP contribution >= 0.6 is 0 Å². The molecular formula is C18H25FN2O2. The van der Waals surface area contributed by atoms with Gasteiger partial charge in [-0.25, -0.2) is 4.39 Å². The van der Waals surface area contributed by atoms with Crippen LogP contribution in [-0.2, 0) is 11.3 Å². The minimum absolute atomic E-state index is 0.251. The number of nitrogens with zero attached hydrogens (tertiary/aromatic N) is 2. The molecule has 4 nitrogen and oxygen atoms in total. The highest BCUT2D eigenvalue weighted by Crippen LogP contribution is 2.27. The molecule has 2 aliphatic heterocycles. The second-order valence-corrected chi connectivity index (χ2v) is 6.75. The first-order valence-electron chi connectivity index (χ1n) is 8.62. The summed E-state index contributed by atoms with van der Waals surface area (Å²) in [7, 11) is 0. The highest BCUT2D eigenvalue weighted by molar-refractivity contribution is 5.71. The van der Waals surface area contributed by atoms with Crippen molar-refractivity contribution in [1.29, 1.82) is 0 Å². The molecule has 2 aliphatic rings. The Morgan fingerprint density at radius 2 is 1.96 bits per heavy atom. The molecule has 3 rings (SSSR count). The van der Waals surface area contributed by atoms with Gasteiger partial charge in [-0.15, -0.1) is 0 Å². The molecule has 23 heavy (non-hydrogen) atoms. The van der Waals surface area contributed by atoms with Gasteiger partial charge in [0.25, 0.3) is 0 Å². The first-order chi connectivity index (χ1) is 11.1. The molecule has 0 aromatic heterocycles. The predicted molar refractivity (Wildman–Crippen MR) is 88.1 cm³/mol. The number of hydrogen-bond acceptors (Lipinski definition) is 3. The number of benzene rings is 1. The molecule has 0 radical (unpaired) electrons. The maximum Gasteiger partial charge on any atom is 0.308 e. The number of aliphatic carboxylic acids is 1. The summed E-state index contributed by atoms with van der Waals surface area (Å²) < 4.78 is 14.3. The Labute approximate surface area is 136 Å². The number of likely N-dealkylation sites (tertiary alicyclic amines) is 1. The van der Waals surface area contributed by atoms with Crippen LogP contribution < -0.4 is 4.90 Å². The van der Waals surface area contributed by atoms with Gasteiger partial charge in [0.1, 0.15) is 5.82 Å². The van der Waals surface area contributed by atoms with Crippen LogP contribution in [0.5, 0.6) is 0 Å². The number of carbonyl (C=O) groups is 1. The topological polar surface area (TPSA) is 43.8 Å². The first-order valence-corrected chi connectivity index (χ1v) is 8.62. The molecule has 5 heteroatoms. The Hall–Kier alpha value is -1.62. The molecule has 2 fully saturated rings. The lowest BCUT2D eigenvalue weighted by Crippen LogP contribution is -2.39. The SMILES string of the molecule is O=C(O)C1CCCN(c2cc(CN3CCCCC3)ccc2F)C1. The summed E-state index contributed by atoms with van der Waals surface area (Å²) in [6, 6.07) is 5.29.